The summed E-state index contributed by atoms with van der Waals surface area (Å²) in [5.74, 6) is -1.33. The van der Waals surface area contributed by atoms with Crippen molar-refractivity contribution < 1.29 is 34.4 Å². The summed E-state index contributed by atoms with van der Waals surface area (Å²) in [6.07, 6.45) is -5.00. The Balaban J connectivity index is 3.19. The number of carbonyl (C=O) groups excluding carboxylic acids is 3. The van der Waals surface area contributed by atoms with Crippen LogP contribution in [0.15, 0.2) is 0 Å². The second-order valence-electron chi connectivity index (χ2n) is 9.57. The Hall–Kier alpha value is -1.35. The number of ketones is 1. The predicted molar refractivity (Wildman–Crippen MR) is 102 cm³/mol. The molecule has 1 heterocycles. The van der Waals surface area contributed by atoms with Crippen molar-refractivity contribution in [2.45, 2.75) is 91.8 Å². The molecule has 1 aliphatic heterocycles. The van der Waals surface area contributed by atoms with Gasteiger partial charge in [0.25, 0.3) is 0 Å². The Morgan fingerprint density at radius 2 is 1.50 bits per heavy atom. The van der Waals surface area contributed by atoms with E-state index in [4.69, 9.17) is 4.74 Å². The molecule has 0 aromatic carbocycles. The monoisotopic (exact) mass is 401 g/mol. The summed E-state index contributed by atoms with van der Waals surface area (Å²) >= 11 is 0. The van der Waals surface area contributed by atoms with Crippen molar-refractivity contribution in [3.05, 3.63) is 0 Å². The van der Waals surface area contributed by atoms with Crippen LogP contribution < -0.4 is 0 Å². The van der Waals surface area contributed by atoms with Crippen molar-refractivity contribution >= 4 is 17.6 Å². The second kappa shape index (κ2) is 8.98. The molecular weight excluding hydrogens is 366 g/mol. The first-order valence-corrected chi connectivity index (χ1v) is 9.61. The minimum atomic E-state index is -1.48. The van der Waals surface area contributed by atoms with Crippen LogP contribution in [-0.2, 0) is 19.1 Å². The number of Topliss-reactive ketones (excluding diaryl/α,β-unsaturated/α-hetero) is 1. The molecule has 0 radical (unpaired) electrons. The Bertz CT molecular complexity index is 590. The van der Waals surface area contributed by atoms with Crippen molar-refractivity contribution in [3.8, 4) is 0 Å². The molecule has 5 unspecified atom stereocenters. The normalized spacial score (nSPS) is 28.7. The third-order valence-corrected chi connectivity index (χ3v) is 5.05. The van der Waals surface area contributed by atoms with Gasteiger partial charge in [0.2, 0.25) is 11.8 Å². The Morgan fingerprint density at radius 3 is 1.89 bits per heavy atom. The lowest BCUT2D eigenvalue weighted by Gasteiger charge is -2.50. The molecule has 8 nitrogen and oxygen atoms in total. The Labute approximate surface area is 166 Å². The van der Waals surface area contributed by atoms with Gasteiger partial charge in [-0.25, -0.2) is 0 Å². The minimum absolute atomic E-state index is 0.0300. The number of aliphatic hydroxyl groups excluding tert-OH is 3. The highest BCUT2D eigenvalue weighted by molar-refractivity contribution is 5.97. The van der Waals surface area contributed by atoms with Crippen LogP contribution >= 0.6 is 0 Å². The highest BCUT2D eigenvalue weighted by atomic mass is 16.5. The first kappa shape index (κ1) is 24.7. The summed E-state index contributed by atoms with van der Waals surface area (Å²) in [6.45, 7) is 11.4. The molecule has 1 aliphatic rings. The van der Waals surface area contributed by atoms with Gasteiger partial charge in [-0.2, -0.15) is 0 Å². The summed E-state index contributed by atoms with van der Waals surface area (Å²) in [5.41, 5.74) is -1.21. The molecule has 1 fully saturated rings. The maximum atomic E-state index is 12.8. The average Bonchev–Trinajstić information content (AvgIpc) is 2.54. The van der Waals surface area contributed by atoms with Gasteiger partial charge in [-0.15, -0.1) is 0 Å². The predicted octanol–water partition coefficient (Wildman–Crippen LogP) is 0.653. The van der Waals surface area contributed by atoms with E-state index in [1.54, 1.807) is 20.8 Å². The van der Waals surface area contributed by atoms with Crippen molar-refractivity contribution in [2.75, 3.05) is 6.61 Å². The summed E-state index contributed by atoms with van der Waals surface area (Å²) < 4.78 is 5.78. The van der Waals surface area contributed by atoms with E-state index in [1.807, 2.05) is 20.8 Å². The van der Waals surface area contributed by atoms with Gasteiger partial charge in [0, 0.05) is 25.2 Å². The van der Waals surface area contributed by atoms with Gasteiger partial charge in [0.15, 0.2) is 0 Å². The van der Waals surface area contributed by atoms with Crippen LogP contribution in [-0.4, -0.2) is 74.9 Å². The average molecular weight is 402 g/mol. The van der Waals surface area contributed by atoms with Crippen LogP contribution in [0.25, 0.3) is 0 Å². The lowest BCUT2D eigenvalue weighted by molar-refractivity contribution is -0.234. The van der Waals surface area contributed by atoms with Gasteiger partial charge in [-0.3, -0.25) is 19.3 Å². The van der Waals surface area contributed by atoms with E-state index in [-0.39, 0.29) is 18.6 Å². The fourth-order valence-electron chi connectivity index (χ4n) is 3.37. The molecule has 5 atom stereocenters. The zero-order chi connectivity index (χ0) is 22.0. The topological polar surface area (TPSA) is 124 Å². The van der Waals surface area contributed by atoms with E-state index in [9.17, 15) is 29.7 Å². The van der Waals surface area contributed by atoms with Gasteiger partial charge in [0.1, 0.15) is 24.1 Å². The first-order valence-electron chi connectivity index (χ1n) is 9.61. The molecule has 1 rings (SSSR count). The molecule has 0 spiro atoms. The minimum Gasteiger partial charge on any atom is -0.394 e. The summed E-state index contributed by atoms with van der Waals surface area (Å²) in [7, 11) is 0. The highest BCUT2D eigenvalue weighted by Crippen LogP contribution is 2.36. The molecule has 8 heteroatoms. The lowest BCUT2D eigenvalue weighted by atomic mass is 9.78. The highest BCUT2D eigenvalue weighted by Gasteiger charge is 2.52. The molecule has 2 amide bonds. The number of rotatable bonds is 5. The molecule has 1 saturated heterocycles. The fraction of sp³-hybridized carbons (Fsp3) is 0.850. The number of carbonyl (C=O) groups is 3. The quantitative estimate of drug-likeness (QED) is 0.618. The van der Waals surface area contributed by atoms with Crippen molar-refractivity contribution in [1.29, 1.82) is 0 Å². The SMILES string of the molecule is CC(=O)N(C(=O)CCC(=O)C(C)(C)C)C1C(O)C(O)C(CO)OC1C(C)(C)C. The van der Waals surface area contributed by atoms with Crippen LogP contribution in [0, 0.1) is 10.8 Å². The number of ether oxygens (including phenoxy) is 1. The second-order valence-corrected chi connectivity index (χ2v) is 9.57. The van der Waals surface area contributed by atoms with E-state index in [2.05, 4.69) is 0 Å². The van der Waals surface area contributed by atoms with Crippen molar-refractivity contribution in [3.63, 3.8) is 0 Å². The molecular formula is C20H35NO7. The smallest absolute Gasteiger partial charge is 0.230 e. The molecule has 0 bridgehead atoms. The van der Waals surface area contributed by atoms with Crippen LogP contribution in [0.1, 0.15) is 61.3 Å². The van der Waals surface area contributed by atoms with Crippen LogP contribution in [0.2, 0.25) is 0 Å². The molecule has 0 aliphatic carbocycles. The van der Waals surface area contributed by atoms with E-state index in [0.29, 0.717) is 0 Å². The number of aliphatic hydroxyl groups is 3. The lowest BCUT2D eigenvalue weighted by Crippen LogP contribution is -2.68. The third-order valence-electron chi connectivity index (χ3n) is 5.05. The first-order chi connectivity index (χ1) is 12.6. The zero-order valence-electron chi connectivity index (χ0n) is 17.9. The maximum Gasteiger partial charge on any atom is 0.230 e. The van der Waals surface area contributed by atoms with Crippen LogP contribution in [0.3, 0.4) is 0 Å². The summed E-state index contributed by atoms with van der Waals surface area (Å²) in [4.78, 5) is 38.2. The Kier molecular flexibility index (Phi) is 7.92. The van der Waals surface area contributed by atoms with E-state index in [0.717, 1.165) is 4.90 Å². The zero-order valence-corrected chi connectivity index (χ0v) is 17.9. The van der Waals surface area contributed by atoms with E-state index >= 15 is 0 Å². The molecule has 3 N–H and O–H groups in total. The van der Waals surface area contributed by atoms with Crippen LogP contribution in [0.4, 0.5) is 0 Å². The number of amides is 2. The van der Waals surface area contributed by atoms with Gasteiger partial charge in [-0.1, -0.05) is 41.5 Å². The van der Waals surface area contributed by atoms with Gasteiger partial charge in [-0.05, 0) is 5.41 Å². The number of imide groups is 1. The standard InChI is InChI=1S/C20H35NO7/c1-11(23)21(14(25)9-8-13(24)19(2,3)4)15-17(27)16(26)12(10-22)28-18(15)20(5,6)7/h12,15-18,22,26-27H,8-10H2,1-7H3. The maximum absolute atomic E-state index is 12.8. The fourth-order valence-corrected chi connectivity index (χ4v) is 3.37. The molecule has 162 valence electrons. The summed E-state index contributed by atoms with van der Waals surface area (Å²) in [5, 5.41) is 30.4. The number of hydrogen-bond donors (Lipinski definition) is 3. The van der Waals surface area contributed by atoms with Crippen molar-refractivity contribution in [1.82, 2.24) is 4.90 Å². The molecule has 0 aromatic heterocycles. The summed E-state index contributed by atoms with van der Waals surface area (Å²) in [6, 6.07) is -1.13. The number of hydrogen-bond acceptors (Lipinski definition) is 7. The van der Waals surface area contributed by atoms with E-state index in [1.165, 1.54) is 6.92 Å². The van der Waals surface area contributed by atoms with Crippen LogP contribution in [0.5, 0.6) is 0 Å². The molecule has 28 heavy (non-hydrogen) atoms. The largest absolute Gasteiger partial charge is 0.394 e. The molecule has 0 saturated carbocycles. The Morgan fingerprint density at radius 1 is 0.964 bits per heavy atom. The van der Waals surface area contributed by atoms with Gasteiger partial charge >= 0.3 is 0 Å². The van der Waals surface area contributed by atoms with E-state index < -0.39 is 59.7 Å². The third kappa shape index (κ3) is 5.59. The van der Waals surface area contributed by atoms with Crippen molar-refractivity contribution in [2.24, 2.45) is 10.8 Å². The number of nitrogens with zero attached hydrogens (tertiary/aromatic N) is 1. The molecule has 0 aromatic rings. The van der Waals surface area contributed by atoms with Gasteiger partial charge < -0.3 is 20.1 Å². The van der Waals surface area contributed by atoms with Gasteiger partial charge in [0.05, 0.1) is 18.8 Å².